The van der Waals surface area contributed by atoms with E-state index >= 15 is 0 Å². The number of hydrogen-bond donors (Lipinski definition) is 1. The summed E-state index contributed by atoms with van der Waals surface area (Å²) < 4.78 is 10.3. The van der Waals surface area contributed by atoms with Gasteiger partial charge < -0.3 is 14.6 Å². The van der Waals surface area contributed by atoms with Crippen molar-refractivity contribution in [3.05, 3.63) is 24.3 Å². The van der Waals surface area contributed by atoms with Crippen molar-refractivity contribution in [2.24, 2.45) is 0 Å². The molecule has 0 bridgehead atoms. The molecule has 0 atom stereocenters. The summed E-state index contributed by atoms with van der Waals surface area (Å²) in [5.74, 6) is 1.44. The third kappa shape index (κ3) is 3.34. The Balaban J connectivity index is 2.59. The molecule has 1 aromatic carbocycles. The van der Waals surface area contributed by atoms with E-state index in [0.717, 1.165) is 5.75 Å². The van der Waals surface area contributed by atoms with Crippen molar-refractivity contribution in [3.63, 3.8) is 0 Å². The molecular formula is C10H14O3. The Hall–Kier alpha value is -1.22. The second kappa shape index (κ2) is 4.72. The minimum absolute atomic E-state index is 0.171. The van der Waals surface area contributed by atoms with E-state index in [1.165, 1.54) is 0 Å². The van der Waals surface area contributed by atoms with Gasteiger partial charge in [0.05, 0.1) is 6.10 Å². The highest BCUT2D eigenvalue weighted by Crippen LogP contribution is 2.18. The van der Waals surface area contributed by atoms with Crippen molar-refractivity contribution in [2.45, 2.75) is 20.0 Å². The van der Waals surface area contributed by atoms with Crippen LogP contribution in [0.25, 0.3) is 0 Å². The van der Waals surface area contributed by atoms with Gasteiger partial charge in [0.1, 0.15) is 11.5 Å². The Labute approximate surface area is 77.9 Å². The van der Waals surface area contributed by atoms with E-state index in [9.17, 15) is 0 Å². The Morgan fingerprint density at radius 1 is 1.15 bits per heavy atom. The fraction of sp³-hybridized carbons (Fsp3) is 0.400. The molecule has 0 unspecified atom stereocenters. The highest BCUT2D eigenvalue weighted by Gasteiger charge is 1.97. The van der Waals surface area contributed by atoms with Crippen molar-refractivity contribution in [1.82, 2.24) is 0 Å². The second-order valence-electron chi connectivity index (χ2n) is 2.91. The zero-order valence-corrected chi connectivity index (χ0v) is 7.86. The first kappa shape index (κ1) is 9.86. The molecule has 0 fully saturated rings. The van der Waals surface area contributed by atoms with E-state index in [0.29, 0.717) is 5.75 Å². The lowest BCUT2D eigenvalue weighted by Crippen LogP contribution is -2.05. The van der Waals surface area contributed by atoms with Gasteiger partial charge in [-0.3, -0.25) is 0 Å². The van der Waals surface area contributed by atoms with E-state index in [1.54, 1.807) is 12.1 Å². The van der Waals surface area contributed by atoms with Crippen molar-refractivity contribution >= 4 is 0 Å². The van der Waals surface area contributed by atoms with Crippen LogP contribution in [0, 0.1) is 0 Å². The van der Waals surface area contributed by atoms with Crippen LogP contribution in [0.3, 0.4) is 0 Å². The first-order valence-electron chi connectivity index (χ1n) is 4.22. The van der Waals surface area contributed by atoms with Crippen LogP contribution in [-0.4, -0.2) is 18.0 Å². The predicted molar refractivity (Wildman–Crippen MR) is 49.9 cm³/mol. The zero-order valence-electron chi connectivity index (χ0n) is 7.86. The first-order chi connectivity index (χ1) is 6.22. The average molecular weight is 182 g/mol. The normalized spacial score (nSPS) is 10.2. The van der Waals surface area contributed by atoms with Crippen LogP contribution in [-0.2, 0) is 0 Å². The molecule has 72 valence electrons. The fourth-order valence-electron chi connectivity index (χ4n) is 0.961. The molecule has 1 rings (SSSR count). The van der Waals surface area contributed by atoms with Gasteiger partial charge in [-0.25, -0.2) is 0 Å². The molecular weight excluding hydrogens is 168 g/mol. The number of benzene rings is 1. The van der Waals surface area contributed by atoms with Crippen LogP contribution in [0.1, 0.15) is 13.8 Å². The predicted octanol–water partition coefficient (Wildman–Crippen LogP) is 1.80. The van der Waals surface area contributed by atoms with Crippen LogP contribution in [0.15, 0.2) is 24.3 Å². The van der Waals surface area contributed by atoms with Gasteiger partial charge in [-0.1, -0.05) is 0 Å². The topological polar surface area (TPSA) is 38.7 Å². The summed E-state index contributed by atoms with van der Waals surface area (Å²) >= 11 is 0. The van der Waals surface area contributed by atoms with Crippen LogP contribution in [0.4, 0.5) is 0 Å². The molecule has 13 heavy (non-hydrogen) atoms. The van der Waals surface area contributed by atoms with Crippen LogP contribution >= 0.6 is 0 Å². The van der Waals surface area contributed by atoms with Gasteiger partial charge in [0, 0.05) is 0 Å². The third-order valence-corrected chi connectivity index (χ3v) is 1.43. The number of rotatable bonds is 4. The average Bonchev–Trinajstić information content (AvgIpc) is 2.08. The summed E-state index contributed by atoms with van der Waals surface area (Å²) in [4.78, 5) is 0. The van der Waals surface area contributed by atoms with Gasteiger partial charge >= 0.3 is 0 Å². The van der Waals surface area contributed by atoms with Crippen molar-refractivity contribution in [3.8, 4) is 11.5 Å². The van der Waals surface area contributed by atoms with Crippen LogP contribution < -0.4 is 9.47 Å². The van der Waals surface area contributed by atoms with Crippen LogP contribution in [0.2, 0.25) is 0 Å². The minimum atomic E-state index is -0.301. The van der Waals surface area contributed by atoms with Gasteiger partial charge in [0.15, 0.2) is 6.79 Å². The summed E-state index contributed by atoms with van der Waals surface area (Å²) in [5.41, 5.74) is 0. The van der Waals surface area contributed by atoms with E-state index < -0.39 is 0 Å². The molecule has 0 amide bonds. The lowest BCUT2D eigenvalue weighted by molar-refractivity contribution is 0.0984. The number of aliphatic hydroxyl groups is 1. The molecule has 0 radical (unpaired) electrons. The van der Waals surface area contributed by atoms with Gasteiger partial charge in [-0.15, -0.1) is 0 Å². The van der Waals surface area contributed by atoms with E-state index in [-0.39, 0.29) is 12.9 Å². The van der Waals surface area contributed by atoms with Crippen LogP contribution in [0.5, 0.6) is 11.5 Å². The summed E-state index contributed by atoms with van der Waals surface area (Å²) in [7, 11) is 0. The highest BCUT2D eigenvalue weighted by molar-refractivity contribution is 5.31. The smallest absolute Gasteiger partial charge is 0.186 e. The monoisotopic (exact) mass is 182 g/mol. The molecule has 1 aromatic rings. The molecule has 0 aliphatic rings. The molecule has 0 aromatic heterocycles. The van der Waals surface area contributed by atoms with E-state index in [4.69, 9.17) is 14.6 Å². The zero-order chi connectivity index (χ0) is 9.68. The standard InChI is InChI=1S/C10H14O3/c1-8(2)13-10-5-3-9(4-6-10)12-7-11/h3-6,8,11H,7H2,1-2H3. The van der Waals surface area contributed by atoms with Gasteiger partial charge in [0.2, 0.25) is 0 Å². The third-order valence-electron chi connectivity index (χ3n) is 1.43. The molecule has 1 N–H and O–H groups in total. The van der Waals surface area contributed by atoms with E-state index in [2.05, 4.69) is 0 Å². The Bertz CT molecular complexity index is 241. The molecule has 3 heteroatoms. The number of aliphatic hydroxyl groups excluding tert-OH is 1. The fourth-order valence-corrected chi connectivity index (χ4v) is 0.961. The quantitative estimate of drug-likeness (QED) is 0.721. The molecule has 0 aliphatic heterocycles. The van der Waals surface area contributed by atoms with E-state index in [1.807, 2.05) is 26.0 Å². The maximum atomic E-state index is 8.48. The Kier molecular flexibility index (Phi) is 3.58. The lowest BCUT2D eigenvalue weighted by Gasteiger charge is -2.09. The molecule has 0 heterocycles. The SMILES string of the molecule is CC(C)Oc1ccc(OCO)cc1. The number of hydrogen-bond acceptors (Lipinski definition) is 3. The molecule has 0 saturated carbocycles. The highest BCUT2D eigenvalue weighted by atomic mass is 16.6. The van der Waals surface area contributed by atoms with Gasteiger partial charge in [-0.2, -0.15) is 0 Å². The maximum Gasteiger partial charge on any atom is 0.186 e. The number of ether oxygens (including phenoxy) is 2. The largest absolute Gasteiger partial charge is 0.491 e. The summed E-state index contributed by atoms with van der Waals surface area (Å²) in [5, 5.41) is 8.48. The maximum absolute atomic E-state index is 8.48. The van der Waals surface area contributed by atoms with Crippen molar-refractivity contribution < 1.29 is 14.6 Å². The molecule has 0 spiro atoms. The summed E-state index contributed by atoms with van der Waals surface area (Å²) in [6.07, 6.45) is 0.171. The summed E-state index contributed by atoms with van der Waals surface area (Å²) in [6, 6.07) is 7.14. The lowest BCUT2D eigenvalue weighted by atomic mass is 10.3. The second-order valence-corrected chi connectivity index (χ2v) is 2.91. The van der Waals surface area contributed by atoms with Crippen molar-refractivity contribution in [1.29, 1.82) is 0 Å². The molecule has 0 aliphatic carbocycles. The van der Waals surface area contributed by atoms with Gasteiger partial charge in [0.25, 0.3) is 0 Å². The Morgan fingerprint density at radius 2 is 1.69 bits per heavy atom. The molecule has 3 nitrogen and oxygen atoms in total. The first-order valence-corrected chi connectivity index (χ1v) is 4.22. The molecule has 0 saturated heterocycles. The summed E-state index contributed by atoms with van der Waals surface area (Å²) in [6.45, 7) is 3.64. The Morgan fingerprint density at radius 3 is 2.15 bits per heavy atom. The van der Waals surface area contributed by atoms with Crippen molar-refractivity contribution in [2.75, 3.05) is 6.79 Å². The van der Waals surface area contributed by atoms with Gasteiger partial charge in [-0.05, 0) is 38.1 Å². The minimum Gasteiger partial charge on any atom is -0.491 e.